The summed E-state index contributed by atoms with van der Waals surface area (Å²) in [4.78, 5) is 8.53. The third kappa shape index (κ3) is 2.35. The first-order chi connectivity index (χ1) is 7.20. The van der Waals surface area contributed by atoms with Gasteiger partial charge in [0.2, 0.25) is 5.13 Å². The average Bonchev–Trinajstić information content (AvgIpc) is 2.66. The van der Waals surface area contributed by atoms with Crippen LogP contribution in [0, 0.1) is 0 Å². The topological polar surface area (TPSA) is 50.7 Å². The fraction of sp³-hybridized carbons (Fsp3) is 0.125. The van der Waals surface area contributed by atoms with Crippen LogP contribution in [0.15, 0.2) is 21.2 Å². The number of hydrogen-bond donors (Lipinski definition) is 1. The second-order valence-electron chi connectivity index (χ2n) is 2.66. The molecule has 4 nitrogen and oxygen atoms in total. The molecule has 2 aromatic rings. The van der Waals surface area contributed by atoms with Gasteiger partial charge >= 0.3 is 0 Å². The Balaban J connectivity index is 2.44. The maximum Gasteiger partial charge on any atom is 0.202 e. The monoisotopic (exact) mass is 348 g/mol. The highest BCUT2D eigenvalue weighted by molar-refractivity contribution is 9.11. The van der Waals surface area contributed by atoms with Crippen molar-refractivity contribution in [2.45, 2.75) is 0 Å². The molecule has 0 aliphatic carbocycles. The Morgan fingerprint density at radius 1 is 1.40 bits per heavy atom. The van der Waals surface area contributed by atoms with E-state index in [4.69, 9.17) is 0 Å². The molecule has 0 amide bonds. The summed E-state index contributed by atoms with van der Waals surface area (Å²) in [6.45, 7) is 0. The van der Waals surface area contributed by atoms with Crippen LogP contribution in [0.4, 0.5) is 5.13 Å². The summed E-state index contributed by atoms with van der Waals surface area (Å²) in [5.74, 6) is 0.628. The number of halogens is 2. The van der Waals surface area contributed by atoms with Crippen molar-refractivity contribution >= 4 is 48.5 Å². The molecular formula is C8H6Br2N4S. The number of nitrogens with zero attached hydrogens (tertiary/aromatic N) is 3. The third-order valence-electron chi connectivity index (χ3n) is 1.66. The Hall–Kier alpha value is -0.530. The van der Waals surface area contributed by atoms with Crippen LogP contribution in [-0.2, 0) is 0 Å². The minimum absolute atomic E-state index is 0.628. The number of aromatic nitrogens is 3. The van der Waals surface area contributed by atoms with E-state index in [0.717, 1.165) is 19.8 Å². The van der Waals surface area contributed by atoms with Gasteiger partial charge in [-0.15, -0.1) is 0 Å². The van der Waals surface area contributed by atoms with E-state index in [1.54, 1.807) is 6.20 Å². The summed E-state index contributed by atoms with van der Waals surface area (Å²) in [5, 5.41) is 3.72. The van der Waals surface area contributed by atoms with Crippen molar-refractivity contribution in [2.75, 3.05) is 12.4 Å². The Morgan fingerprint density at radius 3 is 2.80 bits per heavy atom. The lowest BCUT2D eigenvalue weighted by Gasteiger charge is -1.98. The zero-order chi connectivity index (χ0) is 10.8. The highest BCUT2D eigenvalue weighted by Crippen LogP contribution is 2.28. The minimum atomic E-state index is 0.628. The van der Waals surface area contributed by atoms with Crippen molar-refractivity contribution in [2.24, 2.45) is 0 Å². The lowest BCUT2D eigenvalue weighted by molar-refractivity contribution is 1.21. The van der Waals surface area contributed by atoms with Crippen LogP contribution in [0.5, 0.6) is 0 Å². The van der Waals surface area contributed by atoms with Crippen LogP contribution in [0.1, 0.15) is 0 Å². The third-order valence-corrected chi connectivity index (χ3v) is 3.43. The Kier molecular flexibility index (Phi) is 3.32. The zero-order valence-corrected chi connectivity index (χ0v) is 11.6. The number of rotatable bonds is 2. The molecule has 0 spiro atoms. The van der Waals surface area contributed by atoms with Crippen LogP contribution in [0.3, 0.4) is 0 Å². The predicted molar refractivity (Wildman–Crippen MR) is 68.1 cm³/mol. The number of hydrogen-bond acceptors (Lipinski definition) is 5. The quantitative estimate of drug-likeness (QED) is 0.904. The van der Waals surface area contributed by atoms with Crippen LogP contribution >= 0.6 is 43.4 Å². The first kappa shape index (κ1) is 11.0. The average molecular weight is 350 g/mol. The second-order valence-corrected chi connectivity index (χ2v) is 5.18. The van der Waals surface area contributed by atoms with Gasteiger partial charge in [-0.3, -0.25) is 4.98 Å². The summed E-state index contributed by atoms with van der Waals surface area (Å²) in [6.07, 6.45) is 1.72. The molecule has 15 heavy (non-hydrogen) atoms. The Bertz CT molecular complexity index is 485. The van der Waals surface area contributed by atoms with E-state index in [0.29, 0.717) is 5.82 Å². The van der Waals surface area contributed by atoms with Crippen molar-refractivity contribution in [3.63, 3.8) is 0 Å². The van der Waals surface area contributed by atoms with E-state index in [9.17, 15) is 0 Å². The summed E-state index contributed by atoms with van der Waals surface area (Å²) < 4.78 is 6.00. The molecule has 0 saturated carbocycles. The van der Waals surface area contributed by atoms with Gasteiger partial charge in [0.05, 0.1) is 0 Å². The van der Waals surface area contributed by atoms with Crippen LogP contribution < -0.4 is 5.32 Å². The van der Waals surface area contributed by atoms with Gasteiger partial charge in [-0.05, 0) is 37.9 Å². The van der Waals surface area contributed by atoms with Crippen molar-refractivity contribution in [3.05, 3.63) is 21.2 Å². The largest absolute Gasteiger partial charge is 0.363 e. The van der Waals surface area contributed by atoms with Gasteiger partial charge in [0.15, 0.2) is 5.82 Å². The standard InChI is InChI=1S/C8H6Br2N4S/c1-11-8-13-7(14-15-8)6-5(10)2-4(9)3-12-6/h2-3H,1H3,(H,11,13,14). The van der Waals surface area contributed by atoms with Crippen molar-refractivity contribution in [3.8, 4) is 11.5 Å². The maximum atomic E-state index is 4.28. The van der Waals surface area contributed by atoms with Gasteiger partial charge < -0.3 is 5.32 Å². The molecule has 78 valence electrons. The minimum Gasteiger partial charge on any atom is -0.363 e. The molecule has 0 aromatic carbocycles. The number of pyridine rings is 1. The molecule has 0 atom stereocenters. The van der Waals surface area contributed by atoms with E-state index in [1.165, 1.54) is 11.5 Å². The smallest absolute Gasteiger partial charge is 0.202 e. The van der Waals surface area contributed by atoms with Crippen LogP contribution in [-0.4, -0.2) is 21.4 Å². The van der Waals surface area contributed by atoms with Crippen LogP contribution in [0.2, 0.25) is 0 Å². The molecule has 7 heteroatoms. The van der Waals surface area contributed by atoms with E-state index in [-0.39, 0.29) is 0 Å². The summed E-state index contributed by atoms with van der Waals surface area (Å²) >= 11 is 8.08. The molecule has 2 heterocycles. The normalized spacial score (nSPS) is 10.3. The zero-order valence-electron chi connectivity index (χ0n) is 7.66. The molecule has 2 aromatic heterocycles. The van der Waals surface area contributed by atoms with Gasteiger partial charge in [-0.2, -0.15) is 9.36 Å². The SMILES string of the molecule is CNc1nc(-c2ncc(Br)cc2Br)ns1. The Labute approximate surface area is 108 Å². The number of anilines is 1. The molecule has 0 saturated heterocycles. The molecule has 2 rings (SSSR count). The van der Waals surface area contributed by atoms with Crippen molar-refractivity contribution < 1.29 is 0 Å². The molecular weight excluding hydrogens is 344 g/mol. The van der Waals surface area contributed by atoms with Gasteiger partial charge in [-0.25, -0.2) is 0 Å². The lowest BCUT2D eigenvalue weighted by Crippen LogP contribution is -1.89. The van der Waals surface area contributed by atoms with Crippen LogP contribution in [0.25, 0.3) is 11.5 Å². The molecule has 0 fully saturated rings. The first-order valence-corrected chi connectivity index (χ1v) is 6.39. The fourth-order valence-corrected chi connectivity index (χ4v) is 2.68. The van der Waals surface area contributed by atoms with E-state index >= 15 is 0 Å². The predicted octanol–water partition coefficient (Wildman–Crippen LogP) is 3.17. The molecule has 1 N–H and O–H groups in total. The number of nitrogens with one attached hydrogen (secondary N) is 1. The van der Waals surface area contributed by atoms with Gasteiger partial charge in [-0.1, -0.05) is 0 Å². The van der Waals surface area contributed by atoms with Gasteiger partial charge in [0, 0.05) is 33.7 Å². The maximum absolute atomic E-state index is 4.28. The summed E-state index contributed by atoms with van der Waals surface area (Å²) in [7, 11) is 1.81. The fourth-order valence-electron chi connectivity index (χ4n) is 1.00. The van der Waals surface area contributed by atoms with E-state index < -0.39 is 0 Å². The highest BCUT2D eigenvalue weighted by atomic mass is 79.9. The van der Waals surface area contributed by atoms with Gasteiger partial charge in [0.25, 0.3) is 0 Å². The Morgan fingerprint density at radius 2 is 2.20 bits per heavy atom. The van der Waals surface area contributed by atoms with Crippen molar-refractivity contribution in [1.29, 1.82) is 0 Å². The first-order valence-electron chi connectivity index (χ1n) is 4.03. The van der Waals surface area contributed by atoms with E-state index in [1.807, 2.05) is 13.1 Å². The summed E-state index contributed by atoms with van der Waals surface area (Å²) in [6, 6.07) is 1.92. The highest BCUT2D eigenvalue weighted by Gasteiger charge is 2.10. The second kappa shape index (κ2) is 4.54. The molecule has 0 unspecified atom stereocenters. The molecule has 0 aliphatic rings. The van der Waals surface area contributed by atoms with E-state index in [2.05, 4.69) is 51.5 Å². The molecule has 0 radical (unpaired) electrons. The molecule has 0 aliphatic heterocycles. The molecule has 0 bridgehead atoms. The summed E-state index contributed by atoms with van der Waals surface area (Å²) in [5.41, 5.74) is 0.746. The lowest BCUT2D eigenvalue weighted by atomic mass is 10.3. The van der Waals surface area contributed by atoms with Gasteiger partial charge in [0.1, 0.15) is 5.69 Å². The van der Waals surface area contributed by atoms with Crippen molar-refractivity contribution in [1.82, 2.24) is 14.3 Å².